The van der Waals surface area contributed by atoms with E-state index in [2.05, 4.69) is 25.3 Å². The maximum atomic E-state index is 6.13. The molecule has 27 heavy (non-hydrogen) atoms. The van der Waals surface area contributed by atoms with Crippen LogP contribution < -0.4 is 10.1 Å². The van der Waals surface area contributed by atoms with Gasteiger partial charge in [-0.25, -0.2) is 9.97 Å². The molecule has 0 saturated carbocycles. The van der Waals surface area contributed by atoms with E-state index in [4.69, 9.17) is 9.72 Å². The first-order valence-corrected chi connectivity index (χ1v) is 9.25. The Labute approximate surface area is 156 Å². The van der Waals surface area contributed by atoms with Gasteiger partial charge in [-0.1, -0.05) is 0 Å². The minimum absolute atomic E-state index is 0.494. The normalized spacial score (nSPS) is 17.4. The number of hydrogen-bond donors (Lipinski definition) is 2. The van der Waals surface area contributed by atoms with Crippen molar-refractivity contribution in [2.45, 2.75) is 12.8 Å². The molecule has 5 heterocycles. The molecule has 4 aromatic heterocycles. The van der Waals surface area contributed by atoms with Gasteiger partial charge in [0.2, 0.25) is 5.88 Å². The van der Waals surface area contributed by atoms with Crippen molar-refractivity contribution in [3.63, 3.8) is 0 Å². The quantitative estimate of drug-likeness (QED) is 0.582. The molecule has 136 valence electrons. The molecule has 1 atom stereocenters. The highest BCUT2D eigenvalue weighted by atomic mass is 16.5. The molecule has 5 rings (SSSR count). The van der Waals surface area contributed by atoms with E-state index in [-0.39, 0.29) is 0 Å². The van der Waals surface area contributed by atoms with Crippen LogP contribution in [0.25, 0.3) is 33.2 Å². The third-order valence-corrected chi connectivity index (χ3v) is 5.04. The summed E-state index contributed by atoms with van der Waals surface area (Å²) in [7, 11) is 0. The summed E-state index contributed by atoms with van der Waals surface area (Å²) < 4.78 is 6.13. The molecule has 0 unspecified atom stereocenters. The molecule has 2 N–H and O–H groups in total. The minimum Gasteiger partial charge on any atom is -0.476 e. The Kier molecular flexibility index (Phi) is 4.14. The third kappa shape index (κ3) is 3.10. The van der Waals surface area contributed by atoms with E-state index in [9.17, 15) is 0 Å². The van der Waals surface area contributed by atoms with Crippen LogP contribution in [0, 0.1) is 5.92 Å². The topological polar surface area (TPSA) is 88.6 Å². The number of aromatic nitrogens is 5. The number of pyridine rings is 2. The zero-order chi connectivity index (χ0) is 18.1. The Bertz CT molecular complexity index is 1090. The molecule has 1 aliphatic heterocycles. The van der Waals surface area contributed by atoms with E-state index < -0.39 is 0 Å². The molecule has 0 aliphatic carbocycles. The monoisotopic (exact) mass is 360 g/mol. The highest BCUT2D eigenvalue weighted by molar-refractivity contribution is 5.96. The van der Waals surface area contributed by atoms with Gasteiger partial charge < -0.3 is 15.0 Å². The molecule has 7 nitrogen and oxygen atoms in total. The second kappa shape index (κ2) is 6.92. The predicted octanol–water partition coefficient (Wildman–Crippen LogP) is 2.95. The summed E-state index contributed by atoms with van der Waals surface area (Å²) in [6, 6.07) is 3.90. The van der Waals surface area contributed by atoms with Crippen molar-refractivity contribution in [1.82, 2.24) is 30.2 Å². The van der Waals surface area contributed by atoms with E-state index in [0.29, 0.717) is 23.9 Å². The van der Waals surface area contributed by atoms with Crippen molar-refractivity contribution in [3.8, 4) is 17.1 Å². The lowest BCUT2D eigenvalue weighted by Gasteiger charge is -2.22. The Balaban J connectivity index is 1.55. The largest absolute Gasteiger partial charge is 0.476 e. The van der Waals surface area contributed by atoms with Gasteiger partial charge in [-0.3, -0.25) is 9.97 Å². The zero-order valence-electron chi connectivity index (χ0n) is 14.9. The standard InChI is InChI=1S/C20H20N6O/c1-2-13(9-21-4-1)12-27-20-19-18(23-6-7-24-19)8-17(26-20)15-11-25-16-3-5-22-10-14(15)16/h3,5-8,10-11,13,21,25H,1-2,4,9,12H2/t13-/m0/s1. The maximum Gasteiger partial charge on any atom is 0.242 e. The number of nitrogens with one attached hydrogen (secondary N) is 2. The van der Waals surface area contributed by atoms with Crippen LogP contribution in [0.3, 0.4) is 0 Å². The van der Waals surface area contributed by atoms with Gasteiger partial charge in [0.05, 0.1) is 17.8 Å². The van der Waals surface area contributed by atoms with Crippen LogP contribution in [0.15, 0.2) is 43.1 Å². The lowest BCUT2D eigenvalue weighted by atomic mass is 10.0. The molecule has 0 amide bonds. The van der Waals surface area contributed by atoms with Crippen molar-refractivity contribution in [3.05, 3.63) is 43.1 Å². The Hall–Kier alpha value is -3.06. The fraction of sp³-hybridized carbons (Fsp3) is 0.300. The number of rotatable bonds is 4. The number of H-pyrrole nitrogens is 1. The van der Waals surface area contributed by atoms with Crippen LogP contribution in [-0.2, 0) is 0 Å². The summed E-state index contributed by atoms with van der Waals surface area (Å²) in [5, 5.41) is 4.45. The van der Waals surface area contributed by atoms with Gasteiger partial charge in [0.1, 0.15) is 0 Å². The van der Waals surface area contributed by atoms with E-state index >= 15 is 0 Å². The first kappa shape index (κ1) is 16.1. The van der Waals surface area contributed by atoms with Crippen LogP contribution in [-0.4, -0.2) is 44.6 Å². The summed E-state index contributed by atoms with van der Waals surface area (Å²) in [6.07, 6.45) is 11.3. The van der Waals surface area contributed by atoms with E-state index in [1.54, 1.807) is 18.6 Å². The van der Waals surface area contributed by atoms with Crippen molar-refractivity contribution < 1.29 is 4.74 Å². The van der Waals surface area contributed by atoms with Crippen molar-refractivity contribution in [2.75, 3.05) is 19.7 Å². The molecule has 0 aromatic carbocycles. The van der Waals surface area contributed by atoms with Gasteiger partial charge in [-0.2, -0.15) is 0 Å². The van der Waals surface area contributed by atoms with Crippen LogP contribution >= 0.6 is 0 Å². The molecular weight excluding hydrogens is 340 g/mol. The summed E-state index contributed by atoms with van der Waals surface area (Å²) >= 11 is 0. The van der Waals surface area contributed by atoms with Crippen molar-refractivity contribution >= 4 is 21.9 Å². The lowest BCUT2D eigenvalue weighted by Crippen LogP contribution is -2.33. The van der Waals surface area contributed by atoms with Crippen LogP contribution in [0.1, 0.15) is 12.8 Å². The first-order chi connectivity index (χ1) is 13.4. The van der Waals surface area contributed by atoms with Crippen molar-refractivity contribution in [1.29, 1.82) is 0 Å². The Morgan fingerprint density at radius 2 is 2.15 bits per heavy atom. The highest BCUT2D eigenvalue weighted by Crippen LogP contribution is 2.31. The SMILES string of the molecule is c1cc2[nH]cc(-c3cc4nccnc4c(OC[C@H]4CCCNC4)n3)c2cn1. The number of piperidine rings is 1. The molecule has 7 heteroatoms. The van der Waals surface area contributed by atoms with Crippen molar-refractivity contribution in [2.24, 2.45) is 5.92 Å². The molecular formula is C20H20N6O. The number of fused-ring (bicyclic) bond motifs is 2. The van der Waals surface area contributed by atoms with Crippen LogP contribution in [0.4, 0.5) is 0 Å². The van der Waals surface area contributed by atoms with Crippen LogP contribution in [0.5, 0.6) is 5.88 Å². The first-order valence-electron chi connectivity index (χ1n) is 9.25. The summed E-state index contributed by atoms with van der Waals surface area (Å²) in [5.74, 6) is 1.03. The van der Waals surface area contributed by atoms with E-state index in [0.717, 1.165) is 40.8 Å². The second-order valence-corrected chi connectivity index (χ2v) is 6.88. The van der Waals surface area contributed by atoms with Gasteiger partial charge in [-0.15, -0.1) is 0 Å². The number of nitrogens with zero attached hydrogens (tertiary/aromatic N) is 4. The van der Waals surface area contributed by atoms with E-state index in [1.807, 2.05) is 24.5 Å². The average molecular weight is 360 g/mol. The molecule has 1 saturated heterocycles. The third-order valence-electron chi connectivity index (χ3n) is 5.04. The van der Waals surface area contributed by atoms with Gasteiger partial charge in [0, 0.05) is 59.9 Å². The zero-order valence-corrected chi connectivity index (χ0v) is 14.9. The molecule has 0 radical (unpaired) electrons. The smallest absolute Gasteiger partial charge is 0.242 e. The van der Waals surface area contributed by atoms with E-state index in [1.165, 1.54) is 12.8 Å². The summed E-state index contributed by atoms with van der Waals surface area (Å²) in [4.78, 5) is 21.2. The summed E-state index contributed by atoms with van der Waals surface area (Å²) in [6.45, 7) is 2.70. The Morgan fingerprint density at radius 1 is 1.19 bits per heavy atom. The molecule has 0 spiro atoms. The number of aromatic amines is 1. The molecule has 1 aliphatic rings. The number of ether oxygens (including phenoxy) is 1. The van der Waals surface area contributed by atoms with Gasteiger partial charge in [-0.05, 0) is 31.5 Å². The van der Waals surface area contributed by atoms with Crippen LogP contribution in [0.2, 0.25) is 0 Å². The van der Waals surface area contributed by atoms with Gasteiger partial charge >= 0.3 is 0 Å². The maximum absolute atomic E-state index is 6.13. The molecule has 1 fully saturated rings. The summed E-state index contributed by atoms with van der Waals surface area (Å²) in [5.41, 5.74) is 4.28. The molecule has 4 aromatic rings. The van der Waals surface area contributed by atoms with Gasteiger partial charge in [0.15, 0.2) is 5.52 Å². The lowest BCUT2D eigenvalue weighted by molar-refractivity contribution is 0.214. The van der Waals surface area contributed by atoms with Gasteiger partial charge in [0.25, 0.3) is 0 Å². The average Bonchev–Trinajstić information content (AvgIpc) is 3.17. The highest BCUT2D eigenvalue weighted by Gasteiger charge is 2.17. The predicted molar refractivity (Wildman–Crippen MR) is 104 cm³/mol. The second-order valence-electron chi connectivity index (χ2n) is 6.88. The molecule has 0 bridgehead atoms. The fourth-order valence-electron chi connectivity index (χ4n) is 3.62. The minimum atomic E-state index is 0.494. The fourth-order valence-corrected chi connectivity index (χ4v) is 3.62. The number of hydrogen-bond acceptors (Lipinski definition) is 6. The Morgan fingerprint density at radius 3 is 3.07 bits per heavy atom.